The minimum absolute atomic E-state index is 0.0454. The van der Waals surface area contributed by atoms with Gasteiger partial charge in [0, 0.05) is 11.6 Å². The Morgan fingerprint density at radius 3 is 3.00 bits per heavy atom. The van der Waals surface area contributed by atoms with E-state index in [-0.39, 0.29) is 11.8 Å². The van der Waals surface area contributed by atoms with E-state index >= 15 is 0 Å². The quantitative estimate of drug-likeness (QED) is 0.938. The fraction of sp³-hybridized carbons (Fsp3) is 0.364. The van der Waals surface area contributed by atoms with E-state index in [0.29, 0.717) is 11.7 Å². The Bertz CT molecular complexity index is 551. The maximum absolute atomic E-state index is 11.9. The third-order valence-corrected chi connectivity index (χ3v) is 3.64. The van der Waals surface area contributed by atoms with Crippen molar-refractivity contribution >= 4 is 38.3 Å². The number of aromatic nitrogens is 3. The number of halogens is 1. The third kappa shape index (κ3) is 3.39. The molecule has 2 aromatic rings. The molecule has 2 aromatic heterocycles. The highest BCUT2D eigenvalue weighted by atomic mass is 79.9. The second kappa shape index (κ2) is 5.62. The van der Waals surface area contributed by atoms with Gasteiger partial charge in [-0.25, -0.2) is 4.98 Å². The first-order chi connectivity index (χ1) is 8.54. The highest BCUT2D eigenvalue weighted by molar-refractivity contribution is 9.10. The summed E-state index contributed by atoms with van der Waals surface area (Å²) >= 11 is 4.76. The van der Waals surface area contributed by atoms with E-state index in [4.69, 9.17) is 0 Å². The predicted molar refractivity (Wildman–Crippen MR) is 74.6 cm³/mol. The molecular formula is C11H13BrN4OS. The summed E-state index contributed by atoms with van der Waals surface area (Å²) < 4.78 is 2.65. The van der Waals surface area contributed by atoms with Crippen LogP contribution in [0.1, 0.15) is 12.6 Å². The van der Waals surface area contributed by atoms with Crippen LogP contribution in [0.4, 0.5) is 5.13 Å². The van der Waals surface area contributed by atoms with Crippen LogP contribution in [0.3, 0.4) is 0 Å². The van der Waals surface area contributed by atoms with Crippen molar-refractivity contribution in [1.29, 1.82) is 0 Å². The number of amides is 1. The minimum Gasteiger partial charge on any atom is -0.302 e. The molecule has 0 spiro atoms. The lowest BCUT2D eigenvalue weighted by molar-refractivity contribution is -0.119. The van der Waals surface area contributed by atoms with E-state index in [0.717, 1.165) is 10.2 Å². The van der Waals surface area contributed by atoms with Crippen molar-refractivity contribution in [2.24, 2.45) is 5.92 Å². The summed E-state index contributed by atoms with van der Waals surface area (Å²) in [6.07, 6.45) is 3.55. The largest absolute Gasteiger partial charge is 0.302 e. The molecule has 0 saturated carbocycles. The number of nitrogens with one attached hydrogen (secondary N) is 1. The second-order valence-corrected chi connectivity index (χ2v) is 5.84. The average Bonchev–Trinajstić information content (AvgIpc) is 2.88. The first-order valence-electron chi connectivity index (χ1n) is 5.45. The second-order valence-electron chi connectivity index (χ2n) is 4.06. The van der Waals surface area contributed by atoms with Crippen molar-refractivity contribution < 1.29 is 4.79 Å². The SMILES string of the molecule is Cc1csc(NC(=O)[C@@H](C)Cn2cc(Br)cn2)n1. The molecule has 1 amide bonds. The van der Waals surface area contributed by atoms with E-state index in [1.165, 1.54) is 11.3 Å². The molecule has 96 valence electrons. The summed E-state index contributed by atoms with van der Waals surface area (Å²) in [6, 6.07) is 0. The van der Waals surface area contributed by atoms with Gasteiger partial charge < -0.3 is 5.32 Å². The van der Waals surface area contributed by atoms with Gasteiger partial charge in [0.05, 0.1) is 28.8 Å². The van der Waals surface area contributed by atoms with E-state index in [1.54, 1.807) is 10.9 Å². The Balaban J connectivity index is 1.92. The number of aryl methyl sites for hydroxylation is 1. The van der Waals surface area contributed by atoms with Gasteiger partial charge >= 0.3 is 0 Å². The van der Waals surface area contributed by atoms with Crippen LogP contribution in [0.5, 0.6) is 0 Å². The average molecular weight is 329 g/mol. The minimum atomic E-state index is -0.166. The fourth-order valence-corrected chi connectivity index (χ4v) is 2.46. The standard InChI is InChI=1S/C11H13BrN4OS/c1-7(4-16-5-9(12)3-13-16)10(17)15-11-14-8(2)6-18-11/h3,5-7H,4H2,1-2H3,(H,14,15,17)/t7-/m0/s1. The zero-order chi connectivity index (χ0) is 13.1. The van der Waals surface area contributed by atoms with Gasteiger partial charge in [-0.2, -0.15) is 5.10 Å². The van der Waals surface area contributed by atoms with Crippen LogP contribution in [0.15, 0.2) is 22.2 Å². The van der Waals surface area contributed by atoms with Crippen LogP contribution in [-0.4, -0.2) is 20.7 Å². The Morgan fingerprint density at radius 2 is 2.44 bits per heavy atom. The lowest BCUT2D eigenvalue weighted by Crippen LogP contribution is -2.24. The number of carbonyl (C=O) groups is 1. The highest BCUT2D eigenvalue weighted by Crippen LogP contribution is 2.16. The number of hydrogen-bond donors (Lipinski definition) is 1. The van der Waals surface area contributed by atoms with Crippen LogP contribution in [0, 0.1) is 12.8 Å². The maximum Gasteiger partial charge on any atom is 0.230 e. The molecule has 0 bridgehead atoms. The molecule has 1 atom stereocenters. The molecular weight excluding hydrogens is 316 g/mol. The summed E-state index contributed by atoms with van der Waals surface area (Å²) in [4.78, 5) is 16.1. The zero-order valence-corrected chi connectivity index (χ0v) is 12.5. The van der Waals surface area contributed by atoms with Crippen LogP contribution >= 0.6 is 27.3 Å². The lowest BCUT2D eigenvalue weighted by atomic mass is 10.2. The van der Waals surface area contributed by atoms with Gasteiger partial charge in [-0.15, -0.1) is 11.3 Å². The molecule has 5 nitrogen and oxygen atoms in total. The van der Waals surface area contributed by atoms with Crippen molar-refractivity contribution in [2.75, 3.05) is 5.32 Å². The Kier molecular flexibility index (Phi) is 4.13. The number of carbonyl (C=O) groups excluding carboxylic acids is 1. The summed E-state index contributed by atoms with van der Waals surface area (Å²) in [7, 11) is 0. The fourth-order valence-electron chi connectivity index (χ4n) is 1.44. The number of thiazole rings is 1. The molecule has 7 heteroatoms. The first kappa shape index (κ1) is 13.2. The highest BCUT2D eigenvalue weighted by Gasteiger charge is 2.15. The van der Waals surface area contributed by atoms with Gasteiger partial charge in [-0.3, -0.25) is 9.48 Å². The smallest absolute Gasteiger partial charge is 0.230 e. The van der Waals surface area contributed by atoms with Crippen LogP contribution < -0.4 is 5.32 Å². The van der Waals surface area contributed by atoms with Crippen LogP contribution in [0.2, 0.25) is 0 Å². The summed E-state index contributed by atoms with van der Waals surface area (Å²) in [6.45, 7) is 4.31. The molecule has 0 fully saturated rings. The number of anilines is 1. The van der Waals surface area contributed by atoms with Crippen molar-refractivity contribution in [1.82, 2.24) is 14.8 Å². The van der Waals surface area contributed by atoms with Crippen molar-refractivity contribution in [2.45, 2.75) is 20.4 Å². The van der Waals surface area contributed by atoms with Crippen LogP contribution in [0.25, 0.3) is 0 Å². The Hall–Kier alpha value is -1.21. The first-order valence-corrected chi connectivity index (χ1v) is 7.13. The zero-order valence-electron chi connectivity index (χ0n) is 10.1. The normalized spacial score (nSPS) is 12.4. The predicted octanol–water partition coefficient (Wildman–Crippen LogP) is 2.69. The molecule has 0 saturated heterocycles. The van der Waals surface area contributed by atoms with Crippen molar-refractivity contribution in [3.05, 3.63) is 27.9 Å². The van der Waals surface area contributed by atoms with E-state index in [2.05, 4.69) is 31.3 Å². The maximum atomic E-state index is 11.9. The molecule has 2 heterocycles. The summed E-state index contributed by atoms with van der Waals surface area (Å²) in [5.41, 5.74) is 0.916. The van der Waals surface area contributed by atoms with E-state index in [9.17, 15) is 4.79 Å². The molecule has 0 aliphatic carbocycles. The van der Waals surface area contributed by atoms with Gasteiger partial charge in [-0.1, -0.05) is 6.92 Å². The molecule has 1 N–H and O–H groups in total. The molecule has 0 radical (unpaired) electrons. The van der Waals surface area contributed by atoms with Crippen LogP contribution in [-0.2, 0) is 11.3 Å². The topological polar surface area (TPSA) is 59.8 Å². The van der Waals surface area contributed by atoms with Gasteiger partial charge in [0.25, 0.3) is 0 Å². The van der Waals surface area contributed by atoms with Gasteiger partial charge in [0.1, 0.15) is 0 Å². The van der Waals surface area contributed by atoms with Crippen molar-refractivity contribution in [3.8, 4) is 0 Å². The molecule has 0 unspecified atom stereocenters. The van der Waals surface area contributed by atoms with Crippen molar-refractivity contribution in [3.63, 3.8) is 0 Å². The Labute approximate surface area is 117 Å². The summed E-state index contributed by atoms with van der Waals surface area (Å²) in [5, 5.41) is 9.48. The molecule has 0 aliphatic rings. The van der Waals surface area contributed by atoms with E-state index in [1.807, 2.05) is 25.4 Å². The number of rotatable bonds is 4. The summed E-state index contributed by atoms with van der Waals surface area (Å²) in [5.74, 6) is -0.211. The third-order valence-electron chi connectivity index (χ3n) is 2.36. The monoisotopic (exact) mass is 328 g/mol. The number of nitrogens with zero attached hydrogens (tertiary/aromatic N) is 3. The number of hydrogen-bond acceptors (Lipinski definition) is 4. The van der Waals surface area contributed by atoms with E-state index < -0.39 is 0 Å². The lowest BCUT2D eigenvalue weighted by Gasteiger charge is -2.10. The van der Waals surface area contributed by atoms with Gasteiger partial charge in [0.15, 0.2) is 5.13 Å². The van der Waals surface area contributed by atoms with Gasteiger partial charge in [-0.05, 0) is 22.9 Å². The molecule has 0 aromatic carbocycles. The Morgan fingerprint density at radius 1 is 1.67 bits per heavy atom. The van der Waals surface area contributed by atoms with Gasteiger partial charge in [0.2, 0.25) is 5.91 Å². The molecule has 2 rings (SSSR count). The molecule has 18 heavy (non-hydrogen) atoms. The molecule has 0 aliphatic heterocycles.